The topological polar surface area (TPSA) is 46.1 Å². The molecule has 3 unspecified atom stereocenters. The molecule has 2 saturated carbocycles. The van der Waals surface area contributed by atoms with Crippen LogP contribution in [0.2, 0.25) is 0 Å². The molecule has 156 valence electrons. The Labute approximate surface area is 182 Å². The molecule has 2 aliphatic carbocycles. The van der Waals surface area contributed by atoms with Gasteiger partial charge >= 0.3 is 0 Å². The van der Waals surface area contributed by atoms with Crippen LogP contribution < -0.4 is 5.32 Å². The van der Waals surface area contributed by atoms with Gasteiger partial charge in [-0.25, -0.2) is 0 Å². The fraction of sp³-hybridized carbons (Fsp3) is 0.952. The molecule has 0 aromatic carbocycles. The van der Waals surface area contributed by atoms with E-state index < -0.39 is 0 Å². The van der Waals surface area contributed by atoms with Crippen molar-refractivity contribution in [1.29, 1.82) is 0 Å². The Bertz CT molecular complexity index is 536. The van der Waals surface area contributed by atoms with Crippen LogP contribution >= 0.6 is 24.0 Å². The number of hydrogen-bond acceptors (Lipinski definition) is 3. The number of aliphatic imine (C=N–C) groups is 1. The van der Waals surface area contributed by atoms with Crippen molar-refractivity contribution in [2.75, 3.05) is 26.2 Å². The molecule has 4 fully saturated rings. The van der Waals surface area contributed by atoms with Crippen molar-refractivity contribution in [3.8, 4) is 0 Å². The summed E-state index contributed by atoms with van der Waals surface area (Å²) in [4.78, 5) is 7.32. The minimum absolute atomic E-state index is 0. The van der Waals surface area contributed by atoms with E-state index in [0.29, 0.717) is 29.6 Å². The summed E-state index contributed by atoms with van der Waals surface area (Å²) in [6, 6.07) is 0.567. The molecular formula is C21H38IN3O2. The van der Waals surface area contributed by atoms with E-state index in [9.17, 15) is 0 Å². The Hall–Kier alpha value is -0.0800. The molecule has 0 amide bonds. The summed E-state index contributed by atoms with van der Waals surface area (Å²) < 4.78 is 12.3. The molecule has 1 spiro atoms. The summed E-state index contributed by atoms with van der Waals surface area (Å²) in [5, 5.41) is 3.91. The van der Waals surface area contributed by atoms with Crippen LogP contribution in [0.5, 0.6) is 0 Å². The minimum atomic E-state index is -0.0502. The highest BCUT2D eigenvalue weighted by molar-refractivity contribution is 14.0. The third-order valence-corrected chi connectivity index (χ3v) is 6.89. The van der Waals surface area contributed by atoms with Gasteiger partial charge in [0.1, 0.15) is 0 Å². The van der Waals surface area contributed by atoms with Crippen LogP contribution in [0.4, 0.5) is 0 Å². The van der Waals surface area contributed by atoms with Gasteiger partial charge < -0.3 is 19.7 Å². The quantitative estimate of drug-likeness (QED) is 0.371. The Morgan fingerprint density at radius 2 is 1.93 bits per heavy atom. The first-order valence-corrected chi connectivity index (χ1v) is 10.8. The van der Waals surface area contributed by atoms with Gasteiger partial charge in [0, 0.05) is 43.6 Å². The second-order valence-corrected chi connectivity index (χ2v) is 9.67. The summed E-state index contributed by atoms with van der Waals surface area (Å²) in [6.07, 6.45) is 8.30. The lowest BCUT2D eigenvalue weighted by molar-refractivity contribution is -0.171. The van der Waals surface area contributed by atoms with Crippen LogP contribution in [0, 0.1) is 11.3 Å². The van der Waals surface area contributed by atoms with E-state index in [0.717, 1.165) is 45.0 Å². The number of nitrogens with one attached hydrogen (secondary N) is 1. The van der Waals surface area contributed by atoms with Crippen LogP contribution in [0.25, 0.3) is 0 Å². The number of hydrogen-bond donors (Lipinski definition) is 1. The maximum Gasteiger partial charge on any atom is 0.194 e. The molecule has 27 heavy (non-hydrogen) atoms. The van der Waals surface area contributed by atoms with E-state index in [4.69, 9.17) is 14.5 Å². The molecule has 5 nitrogen and oxygen atoms in total. The van der Waals surface area contributed by atoms with Crippen molar-refractivity contribution in [2.24, 2.45) is 16.3 Å². The van der Waals surface area contributed by atoms with Crippen molar-refractivity contribution in [3.63, 3.8) is 0 Å². The lowest BCUT2D eigenvalue weighted by atomic mass is 9.46. The Morgan fingerprint density at radius 1 is 1.22 bits per heavy atom. The molecule has 4 aliphatic rings. The first kappa shape index (κ1) is 21.6. The summed E-state index contributed by atoms with van der Waals surface area (Å²) in [7, 11) is 0. The molecule has 2 heterocycles. The van der Waals surface area contributed by atoms with Crippen LogP contribution in [0.3, 0.4) is 0 Å². The molecule has 0 aromatic rings. The number of nitrogens with zero attached hydrogens (tertiary/aromatic N) is 2. The van der Waals surface area contributed by atoms with Crippen LogP contribution in [0.15, 0.2) is 4.99 Å². The van der Waals surface area contributed by atoms with E-state index in [1.54, 1.807) is 0 Å². The number of rotatable bonds is 3. The first-order valence-electron chi connectivity index (χ1n) is 10.8. The van der Waals surface area contributed by atoms with Gasteiger partial charge in [0.15, 0.2) is 5.96 Å². The molecule has 3 atom stereocenters. The number of guanidine groups is 1. The van der Waals surface area contributed by atoms with Crippen LogP contribution in [-0.4, -0.2) is 61.0 Å². The van der Waals surface area contributed by atoms with Gasteiger partial charge in [0.05, 0.1) is 17.8 Å². The summed E-state index contributed by atoms with van der Waals surface area (Å²) >= 11 is 0. The van der Waals surface area contributed by atoms with Crippen molar-refractivity contribution < 1.29 is 9.47 Å². The van der Waals surface area contributed by atoms with Crippen LogP contribution in [-0.2, 0) is 9.47 Å². The molecule has 2 saturated heterocycles. The van der Waals surface area contributed by atoms with E-state index >= 15 is 0 Å². The highest BCUT2D eigenvalue weighted by Gasteiger charge is 2.66. The highest BCUT2D eigenvalue weighted by Crippen LogP contribution is 2.62. The lowest BCUT2D eigenvalue weighted by Crippen LogP contribution is -2.72. The molecule has 4 rings (SSSR count). The maximum absolute atomic E-state index is 6.19. The Morgan fingerprint density at radius 3 is 2.48 bits per heavy atom. The van der Waals surface area contributed by atoms with Crippen molar-refractivity contribution in [2.45, 2.75) is 90.1 Å². The second kappa shape index (κ2) is 8.34. The molecule has 1 N–H and O–H groups in total. The van der Waals surface area contributed by atoms with Crippen molar-refractivity contribution >= 4 is 29.9 Å². The molecule has 0 radical (unpaired) electrons. The third kappa shape index (κ3) is 4.13. The monoisotopic (exact) mass is 491 g/mol. The molecular weight excluding hydrogens is 453 g/mol. The Balaban J connectivity index is 0.00000210. The van der Waals surface area contributed by atoms with Crippen LogP contribution in [0.1, 0.15) is 66.2 Å². The fourth-order valence-electron chi connectivity index (χ4n) is 5.67. The van der Waals surface area contributed by atoms with E-state index in [1.165, 1.54) is 25.7 Å². The average molecular weight is 491 g/mol. The van der Waals surface area contributed by atoms with Gasteiger partial charge in [0.25, 0.3) is 0 Å². The SMILES string of the molecule is CCN=C(NC1C2CCOC2C12CCC2)N1CCC(OC(C)(C)C)CC1.I. The summed E-state index contributed by atoms with van der Waals surface area (Å²) in [5.41, 5.74) is 0.356. The maximum atomic E-state index is 6.19. The van der Waals surface area contributed by atoms with Crippen molar-refractivity contribution in [1.82, 2.24) is 10.2 Å². The standard InChI is InChI=1S/C21H37N3O2.HI/c1-5-22-19(24-12-7-15(8-13-24)26-20(2,3)4)23-17-16-9-14-25-18(16)21(17)10-6-11-21;/h15-18H,5-14H2,1-4H3,(H,22,23);1H. The molecule has 0 bridgehead atoms. The average Bonchev–Trinajstić information content (AvgIpc) is 2.94. The van der Waals surface area contributed by atoms with Gasteiger partial charge in [-0.1, -0.05) is 6.42 Å². The number of ether oxygens (including phenoxy) is 2. The highest BCUT2D eigenvalue weighted by atomic mass is 127. The smallest absolute Gasteiger partial charge is 0.194 e. The normalized spacial score (nSPS) is 33.1. The van der Waals surface area contributed by atoms with Gasteiger partial charge in [-0.2, -0.15) is 0 Å². The zero-order valence-corrected chi connectivity index (χ0v) is 19.8. The lowest BCUT2D eigenvalue weighted by Gasteiger charge is -2.63. The number of fused-ring (bicyclic) bond motifs is 2. The molecule has 0 aromatic heterocycles. The summed E-state index contributed by atoms with van der Waals surface area (Å²) in [5.74, 6) is 1.82. The van der Waals surface area contributed by atoms with Gasteiger partial charge in [-0.05, 0) is 59.8 Å². The van der Waals surface area contributed by atoms with E-state index in [-0.39, 0.29) is 29.6 Å². The zero-order valence-electron chi connectivity index (χ0n) is 17.5. The fourth-order valence-corrected chi connectivity index (χ4v) is 5.67. The second-order valence-electron chi connectivity index (χ2n) is 9.67. The van der Waals surface area contributed by atoms with Gasteiger partial charge in [0.2, 0.25) is 0 Å². The van der Waals surface area contributed by atoms with E-state index in [2.05, 4.69) is 37.9 Å². The Kier molecular flexibility index (Phi) is 6.68. The van der Waals surface area contributed by atoms with Gasteiger partial charge in [-0.3, -0.25) is 4.99 Å². The predicted molar refractivity (Wildman–Crippen MR) is 120 cm³/mol. The number of piperidine rings is 1. The predicted octanol–water partition coefficient (Wildman–Crippen LogP) is 3.81. The first-order chi connectivity index (χ1) is 12.4. The van der Waals surface area contributed by atoms with Crippen molar-refractivity contribution in [3.05, 3.63) is 0 Å². The largest absolute Gasteiger partial charge is 0.377 e. The van der Waals surface area contributed by atoms with E-state index in [1.807, 2.05) is 0 Å². The summed E-state index contributed by atoms with van der Waals surface area (Å²) in [6.45, 7) is 12.5. The minimum Gasteiger partial charge on any atom is -0.377 e. The number of halogens is 1. The third-order valence-electron chi connectivity index (χ3n) is 6.89. The zero-order chi connectivity index (χ0) is 18.4. The molecule has 6 heteroatoms. The van der Waals surface area contributed by atoms with Gasteiger partial charge in [-0.15, -0.1) is 24.0 Å². The molecule has 2 aliphatic heterocycles. The number of likely N-dealkylation sites (tertiary alicyclic amines) is 1.